The molecule has 2 aromatic carbocycles. The lowest BCUT2D eigenvalue weighted by Gasteiger charge is -2.12. The fraction of sp³-hybridized carbons (Fsp3) is 0.200. The first kappa shape index (κ1) is 11.5. The molecule has 0 heterocycles. The van der Waals surface area contributed by atoms with E-state index in [4.69, 9.17) is 10.5 Å². The molecule has 0 atom stereocenters. The summed E-state index contributed by atoms with van der Waals surface area (Å²) in [6.07, 6.45) is 0. The van der Waals surface area contributed by atoms with Gasteiger partial charge >= 0.3 is 0 Å². The molecule has 0 aliphatic carbocycles. The minimum absolute atomic E-state index is 0.658. The number of benzene rings is 2. The van der Waals surface area contributed by atoms with Gasteiger partial charge in [-0.3, -0.25) is 0 Å². The predicted octanol–water partition coefficient (Wildman–Crippen LogP) is 3.99. The van der Waals surface area contributed by atoms with Crippen LogP contribution in [-0.4, -0.2) is 0 Å². The molecular formula is C15H17NO. The first-order chi connectivity index (χ1) is 8.08. The van der Waals surface area contributed by atoms with Gasteiger partial charge in [-0.2, -0.15) is 0 Å². The van der Waals surface area contributed by atoms with Crippen molar-refractivity contribution in [3.8, 4) is 11.5 Å². The Morgan fingerprint density at radius 2 is 1.47 bits per heavy atom. The Morgan fingerprint density at radius 1 is 0.824 bits per heavy atom. The smallest absolute Gasteiger partial charge is 0.150 e. The van der Waals surface area contributed by atoms with Gasteiger partial charge in [0.15, 0.2) is 0 Å². The predicted molar refractivity (Wildman–Crippen MR) is 71.6 cm³/mol. The van der Waals surface area contributed by atoms with Gasteiger partial charge < -0.3 is 10.5 Å². The average molecular weight is 227 g/mol. The van der Waals surface area contributed by atoms with Gasteiger partial charge in [-0.1, -0.05) is 18.2 Å². The van der Waals surface area contributed by atoms with Gasteiger partial charge in [-0.15, -0.1) is 0 Å². The van der Waals surface area contributed by atoms with Gasteiger partial charge in [0.1, 0.15) is 11.5 Å². The molecule has 0 fully saturated rings. The summed E-state index contributed by atoms with van der Waals surface area (Å²) < 4.78 is 5.85. The Kier molecular flexibility index (Phi) is 3.05. The maximum atomic E-state index is 5.86. The largest absolute Gasteiger partial charge is 0.455 e. The number of aryl methyl sites for hydroxylation is 3. The molecule has 0 radical (unpaired) electrons. The third-order valence-electron chi connectivity index (χ3n) is 2.93. The second-order valence-electron chi connectivity index (χ2n) is 4.34. The molecule has 0 aliphatic rings. The third kappa shape index (κ3) is 2.41. The van der Waals surface area contributed by atoms with Crippen molar-refractivity contribution in [1.29, 1.82) is 0 Å². The van der Waals surface area contributed by atoms with Crippen molar-refractivity contribution in [2.24, 2.45) is 0 Å². The van der Waals surface area contributed by atoms with E-state index in [1.165, 1.54) is 11.1 Å². The molecular weight excluding hydrogens is 210 g/mol. The van der Waals surface area contributed by atoms with Crippen molar-refractivity contribution in [1.82, 2.24) is 0 Å². The summed E-state index contributed by atoms with van der Waals surface area (Å²) >= 11 is 0. The lowest BCUT2D eigenvalue weighted by molar-refractivity contribution is 0.480. The van der Waals surface area contributed by atoms with Crippen molar-refractivity contribution in [2.75, 3.05) is 5.73 Å². The Labute approximate surface area is 102 Å². The minimum Gasteiger partial charge on any atom is -0.455 e. The summed E-state index contributed by atoms with van der Waals surface area (Å²) in [4.78, 5) is 0. The van der Waals surface area contributed by atoms with E-state index in [9.17, 15) is 0 Å². The molecule has 0 spiro atoms. The number of ether oxygens (including phenoxy) is 1. The monoisotopic (exact) mass is 227 g/mol. The molecule has 0 saturated carbocycles. The van der Waals surface area contributed by atoms with Gasteiger partial charge in [-0.05, 0) is 55.7 Å². The normalized spacial score (nSPS) is 10.3. The van der Waals surface area contributed by atoms with E-state index in [-0.39, 0.29) is 0 Å². The van der Waals surface area contributed by atoms with Crippen LogP contribution in [0.15, 0.2) is 36.4 Å². The van der Waals surface area contributed by atoms with E-state index in [1.54, 1.807) is 0 Å². The van der Waals surface area contributed by atoms with E-state index in [0.717, 1.165) is 11.3 Å². The quantitative estimate of drug-likeness (QED) is 0.787. The summed E-state index contributed by atoms with van der Waals surface area (Å²) in [6.45, 7) is 6.22. The van der Waals surface area contributed by atoms with Crippen LogP contribution in [0.5, 0.6) is 11.5 Å². The second kappa shape index (κ2) is 4.50. The van der Waals surface area contributed by atoms with Crippen LogP contribution < -0.4 is 10.5 Å². The van der Waals surface area contributed by atoms with Crippen LogP contribution >= 0.6 is 0 Å². The molecule has 0 saturated heterocycles. The van der Waals surface area contributed by atoms with Crippen LogP contribution in [0.3, 0.4) is 0 Å². The molecule has 0 unspecified atom stereocenters. The SMILES string of the molecule is Cc1cc(C)c(Oc2ccccc2N)cc1C. The maximum absolute atomic E-state index is 5.86. The fourth-order valence-electron chi connectivity index (χ4n) is 1.74. The van der Waals surface area contributed by atoms with Gasteiger partial charge in [0, 0.05) is 0 Å². The van der Waals surface area contributed by atoms with E-state index in [2.05, 4.69) is 26.0 Å². The summed E-state index contributed by atoms with van der Waals surface area (Å²) in [6, 6.07) is 11.7. The van der Waals surface area contributed by atoms with Crippen LogP contribution in [0, 0.1) is 20.8 Å². The Hall–Kier alpha value is -1.96. The van der Waals surface area contributed by atoms with Gasteiger partial charge in [-0.25, -0.2) is 0 Å². The first-order valence-corrected chi connectivity index (χ1v) is 5.68. The van der Waals surface area contributed by atoms with Gasteiger partial charge in [0.05, 0.1) is 5.69 Å². The zero-order valence-corrected chi connectivity index (χ0v) is 10.4. The van der Waals surface area contributed by atoms with Crippen molar-refractivity contribution >= 4 is 5.69 Å². The highest BCUT2D eigenvalue weighted by Crippen LogP contribution is 2.30. The molecule has 0 bridgehead atoms. The van der Waals surface area contributed by atoms with E-state index in [1.807, 2.05) is 31.2 Å². The highest BCUT2D eigenvalue weighted by atomic mass is 16.5. The van der Waals surface area contributed by atoms with Crippen LogP contribution in [0.2, 0.25) is 0 Å². The zero-order chi connectivity index (χ0) is 12.4. The van der Waals surface area contributed by atoms with Gasteiger partial charge in [0.25, 0.3) is 0 Å². The van der Waals surface area contributed by atoms with E-state index < -0.39 is 0 Å². The maximum Gasteiger partial charge on any atom is 0.150 e. The van der Waals surface area contributed by atoms with Crippen LogP contribution in [0.4, 0.5) is 5.69 Å². The minimum atomic E-state index is 0.658. The average Bonchev–Trinajstić information content (AvgIpc) is 2.29. The number of nitrogens with two attached hydrogens (primary N) is 1. The zero-order valence-electron chi connectivity index (χ0n) is 10.4. The molecule has 2 N–H and O–H groups in total. The summed E-state index contributed by atoms with van der Waals surface area (Å²) in [5, 5.41) is 0. The van der Waals surface area contributed by atoms with E-state index >= 15 is 0 Å². The Balaban J connectivity index is 2.37. The first-order valence-electron chi connectivity index (χ1n) is 5.68. The molecule has 0 amide bonds. The lowest BCUT2D eigenvalue weighted by atomic mass is 10.1. The van der Waals surface area contributed by atoms with Crippen LogP contribution in [-0.2, 0) is 0 Å². The summed E-state index contributed by atoms with van der Waals surface area (Å²) in [7, 11) is 0. The number of nitrogen functional groups attached to an aromatic ring is 1. The number of hydrogen-bond acceptors (Lipinski definition) is 2. The Morgan fingerprint density at radius 3 is 2.18 bits per heavy atom. The van der Waals surface area contributed by atoms with E-state index in [0.29, 0.717) is 11.4 Å². The number of anilines is 1. The third-order valence-corrected chi connectivity index (χ3v) is 2.93. The number of rotatable bonds is 2. The standard InChI is InChI=1S/C15H17NO/c1-10-8-12(3)15(9-11(10)2)17-14-7-5-4-6-13(14)16/h4-9H,16H2,1-3H3. The van der Waals surface area contributed by atoms with Gasteiger partial charge in [0.2, 0.25) is 0 Å². The van der Waals surface area contributed by atoms with Crippen molar-refractivity contribution in [2.45, 2.75) is 20.8 Å². The molecule has 2 nitrogen and oxygen atoms in total. The molecule has 17 heavy (non-hydrogen) atoms. The molecule has 88 valence electrons. The van der Waals surface area contributed by atoms with Crippen molar-refractivity contribution in [3.63, 3.8) is 0 Å². The van der Waals surface area contributed by atoms with Crippen molar-refractivity contribution < 1.29 is 4.74 Å². The molecule has 2 rings (SSSR count). The van der Waals surface area contributed by atoms with Crippen LogP contribution in [0.25, 0.3) is 0 Å². The number of hydrogen-bond donors (Lipinski definition) is 1. The summed E-state index contributed by atoms with van der Waals surface area (Å²) in [5.41, 5.74) is 10.1. The molecule has 0 aromatic heterocycles. The molecule has 2 heteroatoms. The highest BCUT2D eigenvalue weighted by Gasteiger charge is 2.06. The van der Waals surface area contributed by atoms with Crippen molar-refractivity contribution in [3.05, 3.63) is 53.1 Å². The topological polar surface area (TPSA) is 35.2 Å². The summed E-state index contributed by atoms with van der Waals surface area (Å²) in [5.74, 6) is 1.57. The lowest BCUT2D eigenvalue weighted by Crippen LogP contribution is -1.94. The number of para-hydroxylation sites is 2. The highest BCUT2D eigenvalue weighted by molar-refractivity contribution is 5.54. The second-order valence-corrected chi connectivity index (χ2v) is 4.34. The van der Waals surface area contributed by atoms with Crippen LogP contribution in [0.1, 0.15) is 16.7 Å². The molecule has 0 aliphatic heterocycles. The Bertz CT molecular complexity index is 547. The fourth-order valence-corrected chi connectivity index (χ4v) is 1.74. The molecule has 2 aromatic rings.